The minimum atomic E-state index is -4.96. The van der Waals surface area contributed by atoms with Crippen LogP contribution in [0.2, 0.25) is 0 Å². The molecule has 0 unspecified atom stereocenters. The number of alkyl halides is 3. The summed E-state index contributed by atoms with van der Waals surface area (Å²) in [5.41, 5.74) is 0. The molecule has 0 aromatic heterocycles. The molecule has 1 aromatic carbocycles. The highest BCUT2D eigenvalue weighted by Crippen LogP contribution is 2.29. The van der Waals surface area contributed by atoms with Gasteiger partial charge in [-0.25, -0.2) is 13.1 Å². The van der Waals surface area contributed by atoms with E-state index in [4.69, 9.17) is 0 Å². The van der Waals surface area contributed by atoms with Crippen molar-refractivity contribution in [1.82, 2.24) is 10.0 Å². The van der Waals surface area contributed by atoms with Crippen molar-refractivity contribution < 1.29 is 26.3 Å². The van der Waals surface area contributed by atoms with Gasteiger partial charge >= 0.3 is 6.36 Å². The van der Waals surface area contributed by atoms with E-state index in [0.717, 1.165) is 12.1 Å². The van der Waals surface area contributed by atoms with Gasteiger partial charge in [0.05, 0.1) is 0 Å². The average molecular weight is 326 g/mol. The molecule has 0 saturated heterocycles. The van der Waals surface area contributed by atoms with Crippen LogP contribution in [-0.2, 0) is 10.0 Å². The lowest BCUT2D eigenvalue weighted by Gasteiger charge is -2.16. The highest BCUT2D eigenvalue weighted by Gasteiger charge is 2.33. The number of sulfonamides is 1. The third-order valence-electron chi connectivity index (χ3n) is 2.50. The summed E-state index contributed by atoms with van der Waals surface area (Å²) in [6.45, 7) is 4.31. The molecule has 1 atom stereocenters. The summed E-state index contributed by atoms with van der Waals surface area (Å²) in [5.74, 6) is -0.756. The lowest BCUT2D eigenvalue weighted by atomic mass is 10.3. The molecule has 0 spiro atoms. The van der Waals surface area contributed by atoms with Gasteiger partial charge < -0.3 is 10.1 Å². The second kappa shape index (κ2) is 7.10. The molecule has 5 nitrogen and oxygen atoms in total. The van der Waals surface area contributed by atoms with Crippen molar-refractivity contribution in [2.24, 2.45) is 0 Å². The number of likely N-dealkylation sites (N-methyl/N-ethyl adjacent to an activating group) is 1. The number of hydrogen-bond donors (Lipinski definition) is 2. The predicted molar refractivity (Wildman–Crippen MR) is 71.5 cm³/mol. The van der Waals surface area contributed by atoms with Crippen LogP contribution in [0.1, 0.15) is 13.8 Å². The first-order valence-corrected chi connectivity index (χ1v) is 7.72. The summed E-state index contributed by atoms with van der Waals surface area (Å²) in [4.78, 5) is -0.550. The van der Waals surface area contributed by atoms with Crippen LogP contribution < -0.4 is 14.8 Å². The highest BCUT2D eigenvalue weighted by molar-refractivity contribution is 7.89. The summed E-state index contributed by atoms with van der Waals surface area (Å²) < 4.78 is 66.9. The maximum Gasteiger partial charge on any atom is 0.573 e. The van der Waals surface area contributed by atoms with E-state index in [1.54, 1.807) is 6.92 Å². The van der Waals surface area contributed by atoms with E-state index in [9.17, 15) is 21.6 Å². The molecule has 0 aliphatic rings. The monoisotopic (exact) mass is 326 g/mol. The molecule has 0 radical (unpaired) electrons. The average Bonchev–Trinajstić information content (AvgIpc) is 2.35. The third kappa shape index (κ3) is 5.90. The number of benzene rings is 1. The summed E-state index contributed by atoms with van der Waals surface area (Å²) in [7, 11) is -4.09. The van der Waals surface area contributed by atoms with E-state index < -0.39 is 27.0 Å². The van der Waals surface area contributed by atoms with Crippen LogP contribution in [0.5, 0.6) is 5.75 Å². The molecule has 0 saturated carbocycles. The maximum absolute atomic E-state index is 12.3. The van der Waals surface area contributed by atoms with E-state index in [1.807, 2.05) is 6.92 Å². The van der Waals surface area contributed by atoms with Crippen molar-refractivity contribution in [3.8, 4) is 5.75 Å². The quantitative estimate of drug-likeness (QED) is 0.803. The number of rotatable bonds is 7. The Morgan fingerprint density at radius 1 is 1.29 bits per heavy atom. The standard InChI is InChI=1S/C12H17F3N2O3S/c1-3-16-9(2)8-17-21(18,19)11-7-5-4-6-10(11)20-12(13,14)15/h4-7,9,16-17H,3,8H2,1-2H3/t9-/m1/s1. The van der Waals surface area contributed by atoms with Gasteiger partial charge in [0.15, 0.2) is 0 Å². The molecule has 0 heterocycles. The second-order valence-corrected chi connectivity index (χ2v) is 6.04. The highest BCUT2D eigenvalue weighted by atomic mass is 32.2. The van der Waals surface area contributed by atoms with Crippen molar-refractivity contribution in [3.63, 3.8) is 0 Å². The van der Waals surface area contributed by atoms with Gasteiger partial charge in [0, 0.05) is 12.6 Å². The van der Waals surface area contributed by atoms with Crippen LogP contribution in [0, 0.1) is 0 Å². The number of nitrogens with one attached hydrogen (secondary N) is 2. The molecule has 0 aliphatic heterocycles. The first-order chi connectivity index (χ1) is 9.65. The Labute approximate surface area is 121 Å². The Balaban J connectivity index is 2.93. The van der Waals surface area contributed by atoms with Crippen molar-refractivity contribution in [2.75, 3.05) is 13.1 Å². The van der Waals surface area contributed by atoms with E-state index in [0.29, 0.717) is 6.54 Å². The van der Waals surface area contributed by atoms with Crippen LogP contribution in [0.25, 0.3) is 0 Å². The molecule has 21 heavy (non-hydrogen) atoms. The van der Waals surface area contributed by atoms with Crippen LogP contribution >= 0.6 is 0 Å². The van der Waals surface area contributed by atoms with Crippen LogP contribution in [0.3, 0.4) is 0 Å². The zero-order valence-electron chi connectivity index (χ0n) is 11.6. The molecule has 1 rings (SSSR count). The summed E-state index contributed by atoms with van der Waals surface area (Å²) in [5, 5.41) is 2.98. The fraction of sp³-hybridized carbons (Fsp3) is 0.500. The molecular formula is C12H17F3N2O3S. The topological polar surface area (TPSA) is 67.4 Å². The molecular weight excluding hydrogens is 309 g/mol. The smallest absolute Gasteiger partial charge is 0.404 e. The first kappa shape index (κ1) is 17.7. The summed E-state index contributed by atoms with van der Waals surface area (Å²) >= 11 is 0. The Morgan fingerprint density at radius 2 is 1.90 bits per heavy atom. The number of ether oxygens (including phenoxy) is 1. The van der Waals surface area contributed by atoms with Gasteiger partial charge in [-0.1, -0.05) is 19.1 Å². The fourth-order valence-electron chi connectivity index (χ4n) is 1.61. The van der Waals surface area contributed by atoms with Gasteiger partial charge in [-0.15, -0.1) is 13.2 Å². The molecule has 0 fully saturated rings. The molecule has 0 amide bonds. The third-order valence-corrected chi connectivity index (χ3v) is 3.96. The minimum Gasteiger partial charge on any atom is -0.404 e. The number of hydrogen-bond acceptors (Lipinski definition) is 4. The lowest BCUT2D eigenvalue weighted by Crippen LogP contribution is -2.39. The molecule has 1 aromatic rings. The first-order valence-electron chi connectivity index (χ1n) is 6.23. The zero-order chi connectivity index (χ0) is 16.1. The van der Waals surface area contributed by atoms with E-state index in [2.05, 4.69) is 14.8 Å². The van der Waals surface area contributed by atoms with Gasteiger partial charge in [0.2, 0.25) is 10.0 Å². The Hall–Kier alpha value is -1.32. The van der Waals surface area contributed by atoms with Gasteiger partial charge in [-0.2, -0.15) is 0 Å². The van der Waals surface area contributed by atoms with Crippen molar-refractivity contribution >= 4 is 10.0 Å². The fourth-order valence-corrected chi connectivity index (χ4v) is 2.87. The summed E-state index contributed by atoms with van der Waals surface area (Å²) in [6, 6.07) is 4.45. The Kier molecular flexibility index (Phi) is 5.99. The molecule has 2 N–H and O–H groups in total. The maximum atomic E-state index is 12.3. The Morgan fingerprint density at radius 3 is 2.48 bits per heavy atom. The molecule has 9 heteroatoms. The van der Waals surface area contributed by atoms with Crippen molar-refractivity contribution in [3.05, 3.63) is 24.3 Å². The normalized spacial score (nSPS) is 14.0. The molecule has 0 aliphatic carbocycles. The van der Waals surface area contributed by atoms with Gasteiger partial charge in [0.1, 0.15) is 10.6 Å². The predicted octanol–water partition coefficient (Wildman–Crippen LogP) is 1.86. The Bertz CT molecular complexity index is 561. The van der Waals surface area contributed by atoms with Crippen molar-refractivity contribution in [1.29, 1.82) is 0 Å². The van der Waals surface area contributed by atoms with Gasteiger partial charge in [-0.05, 0) is 25.6 Å². The minimum absolute atomic E-state index is 0.0521. The van der Waals surface area contributed by atoms with Crippen molar-refractivity contribution in [2.45, 2.75) is 31.1 Å². The lowest BCUT2D eigenvalue weighted by molar-refractivity contribution is -0.275. The number of para-hydroxylation sites is 1. The van der Waals surface area contributed by atoms with Gasteiger partial charge in [-0.3, -0.25) is 0 Å². The van der Waals surface area contributed by atoms with E-state index in [-0.39, 0.29) is 12.6 Å². The van der Waals surface area contributed by atoms with E-state index >= 15 is 0 Å². The van der Waals surface area contributed by atoms with E-state index in [1.165, 1.54) is 12.1 Å². The van der Waals surface area contributed by atoms with Crippen LogP contribution in [0.15, 0.2) is 29.2 Å². The van der Waals surface area contributed by atoms with Crippen LogP contribution in [0.4, 0.5) is 13.2 Å². The second-order valence-electron chi connectivity index (χ2n) is 4.31. The number of halogens is 3. The van der Waals surface area contributed by atoms with Crippen LogP contribution in [-0.4, -0.2) is 33.9 Å². The van der Waals surface area contributed by atoms with Gasteiger partial charge in [0.25, 0.3) is 0 Å². The molecule has 0 bridgehead atoms. The zero-order valence-corrected chi connectivity index (χ0v) is 12.4. The summed E-state index contributed by atoms with van der Waals surface area (Å²) in [6.07, 6.45) is -4.96. The SMILES string of the molecule is CCN[C@H](C)CNS(=O)(=O)c1ccccc1OC(F)(F)F. The largest absolute Gasteiger partial charge is 0.573 e. The molecule has 120 valence electrons.